The van der Waals surface area contributed by atoms with Crippen LogP contribution in [0, 0.1) is 0 Å². The maximum atomic E-state index is 10.1. The SMILES string of the molecule is COc1ccc(N(C)c2ccc3c(c2)CCC[C@H]3CNC(O)OC(C)(C)C)cn1. The number of anilines is 2. The molecule has 6 nitrogen and oxygen atoms in total. The van der Waals surface area contributed by atoms with Crippen molar-refractivity contribution >= 4 is 11.4 Å². The molecule has 1 aliphatic carbocycles. The first-order valence-corrected chi connectivity index (χ1v) is 10.2. The lowest BCUT2D eigenvalue weighted by atomic mass is 9.82. The number of hydrogen-bond donors (Lipinski definition) is 2. The molecular weight excluding hydrogens is 366 g/mol. The molecule has 1 heterocycles. The molecule has 2 N–H and O–H groups in total. The van der Waals surface area contributed by atoms with Gasteiger partial charge in [0.05, 0.1) is 24.6 Å². The minimum absolute atomic E-state index is 0.374. The summed E-state index contributed by atoms with van der Waals surface area (Å²) in [4.78, 5) is 6.44. The van der Waals surface area contributed by atoms with E-state index in [1.165, 1.54) is 11.1 Å². The van der Waals surface area contributed by atoms with Crippen LogP contribution in [0.1, 0.15) is 50.7 Å². The summed E-state index contributed by atoms with van der Waals surface area (Å²) in [6.45, 7) is 6.50. The Kier molecular flexibility index (Phi) is 6.77. The summed E-state index contributed by atoms with van der Waals surface area (Å²) < 4.78 is 10.7. The number of rotatable bonds is 7. The predicted octanol–water partition coefficient (Wildman–Crippen LogP) is 3.96. The Morgan fingerprint density at radius 1 is 1.24 bits per heavy atom. The number of methoxy groups -OCH3 is 1. The number of nitrogens with zero attached hydrogens (tertiary/aromatic N) is 2. The lowest BCUT2D eigenvalue weighted by Gasteiger charge is -2.30. The summed E-state index contributed by atoms with van der Waals surface area (Å²) in [5.74, 6) is 0.986. The molecule has 2 atom stereocenters. The van der Waals surface area contributed by atoms with Gasteiger partial charge in [-0.3, -0.25) is 5.32 Å². The Morgan fingerprint density at radius 3 is 2.66 bits per heavy atom. The summed E-state index contributed by atoms with van der Waals surface area (Å²) in [5.41, 5.74) is 4.51. The number of aliphatic hydroxyl groups is 1. The van der Waals surface area contributed by atoms with Crippen molar-refractivity contribution in [1.82, 2.24) is 10.3 Å². The van der Waals surface area contributed by atoms with E-state index in [-0.39, 0.29) is 5.60 Å². The third-order valence-electron chi connectivity index (χ3n) is 5.27. The van der Waals surface area contributed by atoms with Gasteiger partial charge in [0.1, 0.15) is 0 Å². The number of benzene rings is 1. The Balaban J connectivity index is 1.69. The minimum Gasteiger partial charge on any atom is -0.481 e. The van der Waals surface area contributed by atoms with Crippen LogP contribution in [0.4, 0.5) is 11.4 Å². The van der Waals surface area contributed by atoms with Gasteiger partial charge in [-0.15, -0.1) is 0 Å². The standard InChI is InChI=1S/C23H33N3O3/c1-23(2,3)29-22(27)25-14-17-8-6-7-16-13-18(9-11-20(16)17)26(4)19-10-12-21(28-5)24-15-19/h9-13,15,17,22,25,27H,6-8,14H2,1-5H3/t17-,22?/m0/s1. The number of nitrogens with one attached hydrogen (secondary N) is 1. The smallest absolute Gasteiger partial charge is 0.214 e. The van der Waals surface area contributed by atoms with Crippen LogP contribution in [0.25, 0.3) is 0 Å². The van der Waals surface area contributed by atoms with Gasteiger partial charge in [0, 0.05) is 25.3 Å². The molecule has 2 aromatic rings. The van der Waals surface area contributed by atoms with Gasteiger partial charge in [0.25, 0.3) is 0 Å². The molecule has 0 fully saturated rings. The molecule has 0 bridgehead atoms. The van der Waals surface area contributed by atoms with Crippen LogP contribution in [0.3, 0.4) is 0 Å². The zero-order chi connectivity index (χ0) is 21.0. The normalized spacial score (nSPS) is 17.5. The molecule has 1 aromatic heterocycles. The van der Waals surface area contributed by atoms with Gasteiger partial charge >= 0.3 is 0 Å². The second-order valence-corrected chi connectivity index (χ2v) is 8.58. The van der Waals surface area contributed by atoms with E-state index >= 15 is 0 Å². The monoisotopic (exact) mass is 399 g/mol. The number of hydrogen-bond acceptors (Lipinski definition) is 6. The highest BCUT2D eigenvalue weighted by molar-refractivity contribution is 5.63. The van der Waals surface area contributed by atoms with E-state index in [4.69, 9.17) is 9.47 Å². The van der Waals surface area contributed by atoms with Crippen LogP contribution in [0.5, 0.6) is 5.88 Å². The van der Waals surface area contributed by atoms with Crippen LogP contribution in [0.15, 0.2) is 36.5 Å². The summed E-state index contributed by atoms with van der Waals surface area (Å²) in [7, 11) is 3.67. The summed E-state index contributed by atoms with van der Waals surface area (Å²) >= 11 is 0. The molecule has 0 radical (unpaired) electrons. The van der Waals surface area contributed by atoms with Gasteiger partial charge in [-0.25, -0.2) is 4.98 Å². The topological polar surface area (TPSA) is 66.9 Å². The van der Waals surface area contributed by atoms with E-state index in [9.17, 15) is 5.11 Å². The molecule has 0 aliphatic heterocycles. The predicted molar refractivity (Wildman–Crippen MR) is 116 cm³/mol. The van der Waals surface area contributed by atoms with E-state index in [2.05, 4.69) is 33.4 Å². The van der Waals surface area contributed by atoms with Crippen LogP contribution < -0.4 is 15.0 Å². The van der Waals surface area contributed by atoms with Crippen molar-refractivity contribution in [1.29, 1.82) is 0 Å². The molecule has 158 valence electrons. The fourth-order valence-electron chi connectivity index (χ4n) is 3.78. The highest BCUT2D eigenvalue weighted by Gasteiger charge is 2.23. The fraction of sp³-hybridized carbons (Fsp3) is 0.522. The van der Waals surface area contributed by atoms with E-state index < -0.39 is 6.41 Å². The van der Waals surface area contributed by atoms with Crippen molar-refractivity contribution in [2.75, 3.05) is 25.6 Å². The molecule has 1 unspecified atom stereocenters. The highest BCUT2D eigenvalue weighted by Crippen LogP contribution is 2.35. The maximum absolute atomic E-state index is 10.1. The average molecular weight is 400 g/mol. The molecule has 0 spiro atoms. The first kappa shape index (κ1) is 21.6. The minimum atomic E-state index is -0.951. The van der Waals surface area contributed by atoms with E-state index in [0.717, 1.165) is 30.6 Å². The number of ether oxygens (including phenoxy) is 2. The van der Waals surface area contributed by atoms with Crippen LogP contribution >= 0.6 is 0 Å². The van der Waals surface area contributed by atoms with E-state index in [1.54, 1.807) is 7.11 Å². The Morgan fingerprint density at radius 2 is 2.00 bits per heavy atom. The quantitative estimate of drug-likeness (QED) is 0.687. The summed E-state index contributed by atoms with van der Waals surface area (Å²) in [6.07, 6.45) is 4.21. The van der Waals surface area contributed by atoms with Gasteiger partial charge in [-0.2, -0.15) is 0 Å². The molecule has 3 rings (SSSR count). The van der Waals surface area contributed by atoms with Crippen LogP contribution in [-0.2, 0) is 11.2 Å². The lowest BCUT2D eigenvalue weighted by Crippen LogP contribution is -2.40. The zero-order valence-electron chi connectivity index (χ0n) is 18.1. The van der Waals surface area contributed by atoms with Gasteiger partial charge in [-0.05, 0) is 75.3 Å². The van der Waals surface area contributed by atoms with Crippen molar-refractivity contribution in [2.24, 2.45) is 0 Å². The van der Waals surface area contributed by atoms with Crippen molar-refractivity contribution in [3.8, 4) is 5.88 Å². The third kappa shape index (κ3) is 5.69. The second-order valence-electron chi connectivity index (χ2n) is 8.58. The first-order valence-electron chi connectivity index (χ1n) is 10.2. The maximum Gasteiger partial charge on any atom is 0.214 e. The van der Waals surface area contributed by atoms with Crippen molar-refractivity contribution in [2.45, 2.75) is 58.0 Å². The second kappa shape index (κ2) is 9.11. The fourth-order valence-corrected chi connectivity index (χ4v) is 3.78. The largest absolute Gasteiger partial charge is 0.481 e. The Bertz CT molecular complexity index is 802. The molecule has 0 saturated carbocycles. The average Bonchev–Trinajstić information content (AvgIpc) is 2.70. The van der Waals surface area contributed by atoms with Crippen molar-refractivity contribution in [3.63, 3.8) is 0 Å². The summed E-state index contributed by atoms with van der Waals surface area (Å²) in [5, 5.41) is 13.2. The number of aliphatic hydroxyl groups excluding tert-OH is 1. The van der Waals surface area contributed by atoms with Gasteiger partial charge < -0.3 is 19.5 Å². The third-order valence-corrected chi connectivity index (χ3v) is 5.27. The Hall–Kier alpha value is -2.15. The zero-order valence-corrected chi connectivity index (χ0v) is 18.1. The molecule has 1 aliphatic rings. The van der Waals surface area contributed by atoms with E-state index in [1.807, 2.05) is 46.1 Å². The lowest BCUT2D eigenvalue weighted by molar-refractivity contribution is -0.181. The van der Waals surface area contributed by atoms with E-state index in [0.29, 0.717) is 18.3 Å². The molecule has 6 heteroatoms. The van der Waals surface area contributed by atoms with Gasteiger partial charge in [-0.1, -0.05) is 6.07 Å². The van der Waals surface area contributed by atoms with Crippen molar-refractivity contribution < 1.29 is 14.6 Å². The number of fused-ring (bicyclic) bond motifs is 1. The number of aromatic nitrogens is 1. The molecular formula is C23H33N3O3. The molecule has 1 aromatic carbocycles. The molecule has 29 heavy (non-hydrogen) atoms. The van der Waals surface area contributed by atoms with Gasteiger partial charge in [0.15, 0.2) is 0 Å². The van der Waals surface area contributed by atoms with Crippen molar-refractivity contribution in [3.05, 3.63) is 47.7 Å². The molecule has 0 saturated heterocycles. The summed E-state index contributed by atoms with van der Waals surface area (Å²) in [6, 6.07) is 10.5. The number of aryl methyl sites for hydroxylation is 1. The molecule has 0 amide bonds. The van der Waals surface area contributed by atoms with Crippen LogP contribution in [0.2, 0.25) is 0 Å². The first-order chi connectivity index (χ1) is 13.8. The highest BCUT2D eigenvalue weighted by atomic mass is 16.6. The Labute approximate surface area is 173 Å². The van der Waals surface area contributed by atoms with Gasteiger partial charge in [0.2, 0.25) is 12.3 Å². The number of pyridine rings is 1. The van der Waals surface area contributed by atoms with Crippen LogP contribution in [-0.4, -0.2) is 42.8 Å².